The predicted molar refractivity (Wildman–Crippen MR) is 57.8 cm³/mol. The van der Waals surface area contributed by atoms with E-state index in [4.69, 9.17) is 5.11 Å². The number of carbonyl (C=O) groups is 1. The molecule has 1 aromatic carbocycles. The zero-order valence-electron chi connectivity index (χ0n) is 8.70. The summed E-state index contributed by atoms with van der Waals surface area (Å²) in [5.41, 5.74) is 1.85. The minimum atomic E-state index is -0.991. The van der Waals surface area contributed by atoms with Crippen LogP contribution in [0.4, 0.5) is 4.39 Å². The van der Waals surface area contributed by atoms with Gasteiger partial charge < -0.3 is 5.11 Å². The number of carboxylic acid groups (broad SMARTS) is 1. The number of fused-ring (bicyclic) bond motifs is 1. The number of aliphatic carboxylic acids is 1. The van der Waals surface area contributed by atoms with Crippen LogP contribution in [0.2, 0.25) is 0 Å². The van der Waals surface area contributed by atoms with E-state index < -0.39 is 11.8 Å². The van der Waals surface area contributed by atoms with Crippen LogP contribution in [0.1, 0.15) is 11.1 Å². The Hall–Kier alpha value is -1.97. The highest BCUT2D eigenvalue weighted by Gasteiger charge is 2.10. The van der Waals surface area contributed by atoms with Crippen LogP contribution in [0.25, 0.3) is 10.9 Å². The number of hydrogen-bond donors (Lipinski definition) is 1. The molecule has 4 heteroatoms. The average Bonchev–Trinajstić information content (AvgIpc) is 2.18. The third kappa shape index (κ3) is 1.86. The lowest BCUT2D eigenvalue weighted by molar-refractivity contribution is -0.136. The zero-order chi connectivity index (χ0) is 11.7. The molecule has 0 saturated heterocycles. The van der Waals surface area contributed by atoms with Gasteiger partial charge in [0.05, 0.1) is 11.9 Å². The molecule has 0 aliphatic rings. The van der Waals surface area contributed by atoms with Crippen molar-refractivity contribution >= 4 is 16.9 Å². The molecular formula is C12H10FNO2. The van der Waals surface area contributed by atoms with E-state index in [9.17, 15) is 9.18 Å². The molecule has 2 rings (SSSR count). The van der Waals surface area contributed by atoms with Gasteiger partial charge in [-0.3, -0.25) is 9.78 Å². The molecule has 0 spiro atoms. The van der Waals surface area contributed by atoms with Gasteiger partial charge in [0.2, 0.25) is 0 Å². The second-order valence-electron chi connectivity index (χ2n) is 3.66. The summed E-state index contributed by atoms with van der Waals surface area (Å²) in [6, 6.07) is 4.37. The van der Waals surface area contributed by atoms with Crippen molar-refractivity contribution in [1.82, 2.24) is 4.98 Å². The molecule has 0 bridgehead atoms. The normalized spacial score (nSPS) is 10.6. The number of pyridine rings is 1. The summed E-state index contributed by atoms with van der Waals surface area (Å²) >= 11 is 0. The first-order valence-corrected chi connectivity index (χ1v) is 4.83. The average molecular weight is 219 g/mol. The van der Waals surface area contributed by atoms with Crippen LogP contribution >= 0.6 is 0 Å². The number of aryl methyl sites for hydroxylation is 1. The largest absolute Gasteiger partial charge is 0.481 e. The van der Waals surface area contributed by atoms with Crippen molar-refractivity contribution in [3.8, 4) is 0 Å². The third-order valence-electron chi connectivity index (χ3n) is 2.45. The summed E-state index contributed by atoms with van der Waals surface area (Å²) in [5.74, 6) is -1.42. The quantitative estimate of drug-likeness (QED) is 0.843. The van der Waals surface area contributed by atoms with Crippen LogP contribution in [0.5, 0.6) is 0 Å². The molecule has 0 radical (unpaired) electrons. The molecule has 3 nitrogen and oxygen atoms in total. The number of hydrogen-bond acceptors (Lipinski definition) is 2. The van der Waals surface area contributed by atoms with Gasteiger partial charge >= 0.3 is 5.97 Å². The highest BCUT2D eigenvalue weighted by Crippen LogP contribution is 2.22. The van der Waals surface area contributed by atoms with Crippen molar-refractivity contribution in [1.29, 1.82) is 0 Å². The molecule has 0 aliphatic carbocycles. The fourth-order valence-corrected chi connectivity index (χ4v) is 1.72. The molecule has 16 heavy (non-hydrogen) atoms. The number of benzene rings is 1. The van der Waals surface area contributed by atoms with E-state index in [1.54, 1.807) is 12.3 Å². The van der Waals surface area contributed by atoms with Crippen molar-refractivity contribution in [3.63, 3.8) is 0 Å². The second-order valence-corrected chi connectivity index (χ2v) is 3.66. The van der Waals surface area contributed by atoms with Gasteiger partial charge in [-0.1, -0.05) is 0 Å². The van der Waals surface area contributed by atoms with Gasteiger partial charge in [-0.05, 0) is 36.2 Å². The van der Waals surface area contributed by atoms with Gasteiger partial charge in [0.15, 0.2) is 0 Å². The van der Waals surface area contributed by atoms with E-state index in [0.717, 1.165) is 5.56 Å². The van der Waals surface area contributed by atoms with Crippen molar-refractivity contribution < 1.29 is 14.3 Å². The van der Waals surface area contributed by atoms with E-state index in [-0.39, 0.29) is 6.42 Å². The van der Waals surface area contributed by atoms with Crippen molar-refractivity contribution in [2.75, 3.05) is 0 Å². The molecule has 1 heterocycles. The minimum Gasteiger partial charge on any atom is -0.481 e. The fraction of sp³-hybridized carbons (Fsp3) is 0.167. The molecule has 82 valence electrons. The van der Waals surface area contributed by atoms with Crippen LogP contribution in [0, 0.1) is 12.7 Å². The standard InChI is InChI=1S/C12H10FNO2/c1-7-2-3-14-12-8(5-11(15)16)4-9(13)6-10(7)12/h2-4,6H,5H2,1H3,(H,15,16). The van der Waals surface area contributed by atoms with Gasteiger partial charge in [0, 0.05) is 11.6 Å². The van der Waals surface area contributed by atoms with Gasteiger partial charge in [-0.15, -0.1) is 0 Å². The van der Waals surface area contributed by atoms with Gasteiger partial charge in [0.25, 0.3) is 0 Å². The molecule has 0 saturated carbocycles. The number of nitrogens with zero attached hydrogens (tertiary/aromatic N) is 1. The Bertz CT molecular complexity index is 566. The molecule has 0 aliphatic heterocycles. The Morgan fingerprint density at radius 1 is 1.50 bits per heavy atom. The maximum Gasteiger partial charge on any atom is 0.307 e. The Labute approximate surface area is 91.5 Å². The third-order valence-corrected chi connectivity index (χ3v) is 2.45. The first kappa shape index (κ1) is 10.5. The summed E-state index contributed by atoms with van der Waals surface area (Å²) in [4.78, 5) is 14.8. The lowest BCUT2D eigenvalue weighted by Gasteiger charge is -2.06. The maximum absolute atomic E-state index is 13.3. The molecule has 0 fully saturated rings. The highest BCUT2D eigenvalue weighted by atomic mass is 19.1. The van der Waals surface area contributed by atoms with E-state index >= 15 is 0 Å². The first-order valence-electron chi connectivity index (χ1n) is 4.83. The first-order chi connectivity index (χ1) is 7.58. The maximum atomic E-state index is 13.3. The molecule has 2 aromatic rings. The van der Waals surface area contributed by atoms with Gasteiger partial charge in [-0.2, -0.15) is 0 Å². The van der Waals surface area contributed by atoms with Crippen molar-refractivity contribution in [2.45, 2.75) is 13.3 Å². The monoisotopic (exact) mass is 219 g/mol. The van der Waals surface area contributed by atoms with Gasteiger partial charge in [-0.25, -0.2) is 4.39 Å². The van der Waals surface area contributed by atoms with Crippen LogP contribution in [-0.4, -0.2) is 16.1 Å². The van der Waals surface area contributed by atoms with Crippen LogP contribution < -0.4 is 0 Å². The summed E-state index contributed by atoms with van der Waals surface area (Å²) in [6.45, 7) is 1.84. The number of aromatic nitrogens is 1. The van der Waals surface area contributed by atoms with E-state index in [2.05, 4.69) is 4.98 Å². The highest BCUT2D eigenvalue weighted by molar-refractivity contribution is 5.87. The molecule has 0 amide bonds. The zero-order valence-corrected chi connectivity index (χ0v) is 8.70. The fourth-order valence-electron chi connectivity index (χ4n) is 1.72. The van der Waals surface area contributed by atoms with Crippen molar-refractivity contribution in [2.24, 2.45) is 0 Å². The Balaban J connectivity index is 2.72. The molecule has 1 N–H and O–H groups in total. The Kier molecular flexibility index (Phi) is 2.56. The predicted octanol–water partition coefficient (Wildman–Crippen LogP) is 2.31. The van der Waals surface area contributed by atoms with E-state index in [0.29, 0.717) is 16.5 Å². The molecule has 1 aromatic heterocycles. The van der Waals surface area contributed by atoms with Crippen LogP contribution in [0.15, 0.2) is 24.4 Å². The summed E-state index contributed by atoms with van der Waals surface area (Å²) in [5, 5.41) is 9.40. The summed E-state index contributed by atoms with van der Waals surface area (Å²) < 4.78 is 13.3. The number of rotatable bonds is 2. The van der Waals surface area contributed by atoms with Crippen LogP contribution in [-0.2, 0) is 11.2 Å². The van der Waals surface area contributed by atoms with Crippen molar-refractivity contribution in [3.05, 3.63) is 41.3 Å². The molecule has 0 atom stereocenters. The Morgan fingerprint density at radius 3 is 2.94 bits per heavy atom. The summed E-state index contributed by atoms with van der Waals surface area (Å²) in [6.07, 6.45) is 1.38. The minimum absolute atomic E-state index is 0.218. The number of halogens is 1. The lowest BCUT2D eigenvalue weighted by Crippen LogP contribution is -2.02. The number of carboxylic acids is 1. The van der Waals surface area contributed by atoms with E-state index in [1.807, 2.05) is 6.92 Å². The lowest BCUT2D eigenvalue weighted by atomic mass is 10.0. The second kappa shape index (κ2) is 3.89. The molecular weight excluding hydrogens is 209 g/mol. The smallest absolute Gasteiger partial charge is 0.307 e. The van der Waals surface area contributed by atoms with Gasteiger partial charge in [0.1, 0.15) is 5.82 Å². The topological polar surface area (TPSA) is 50.2 Å². The SMILES string of the molecule is Cc1ccnc2c(CC(=O)O)cc(F)cc12. The Morgan fingerprint density at radius 2 is 2.25 bits per heavy atom. The van der Waals surface area contributed by atoms with Crippen LogP contribution in [0.3, 0.4) is 0 Å². The molecule has 0 unspecified atom stereocenters. The summed E-state index contributed by atoms with van der Waals surface area (Å²) in [7, 11) is 0. The van der Waals surface area contributed by atoms with E-state index in [1.165, 1.54) is 12.1 Å².